The third-order valence-electron chi connectivity index (χ3n) is 5.52. The van der Waals surface area contributed by atoms with E-state index in [1.54, 1.807) is 17.0 Å². The highest BCUT2D eigenvalue weighted by molar-refractivity contribution is 5.91. The van der Waals surface area contributed by atoms with Gasteiger partial charge in [0.15, 0.2) is 0 Å². The zero-order valence-electron chi connectivity index (χ0n) is 17.2. The van der Waals surface area contributed by atoms with Gasteiger partial charge in [0.2, 0.25) is 5.91 Å². The van der Waals surface area contributed by atoms with Gasteiger partial charge in [-0.2, -0.15) is 0 Å². The number of piperidine rings is 1. The number of urea groups is 1. The molecule has 1 saturated heterocycles. The summed E-state index contributed by atoms with van der Waals surface area (Å²) in [5.74, 6) is -0.393. The van der Waals surface area contributed by atoms with Crippen molar-refractivity contribution in [3.8, 4) is 0 Å². The first kappa shape index (κ1) is 20.8. The number of aryl methyl sites for hydroxylation is 2. The number of rotatable bonds is 4. The molecule has 0 aliphatic carbocycles. The second kappa shape index (κ2) is 8.64. The Morgan fingerprint density at radius 2 is 1.86 bits per heavy atom. The Labute approximate surface area is 171 Å². The number of carbonyl (C=O) groups excluding carboxylic acids is 2. The first-order chi connectivity index (χ1) is 13.8. The first-order valence-electron chi connectivity index (χ1n) is 9.93. The second-order valence-corrected chi connectivity index (χ2v) is 8.14. The average molecular weight is 397 g/mol. The fourth-order valence-electron chi connectivity index (χ4n) is 3.74. The number of benzene rings is 2. The predicted octanol–water partition coefficient (Wildman–Crippen LogP) is 4.39. The van der Waals surface area contributed by atoms with Gasteiger partial charge >= 0.3 is 6.03 Å². The minimum atomic E-state index is -0.655. The molecular formula is C23H28FN3O2. The zero-order chi connectivity index (χ0) is 21.0. The first-order valence-corrected chi connectivity index (χ1v) is 9.93. The lowest BCUT2D eigenvalue weighted by molar-refractivity contribution is -0.132. The molecule has 1 heterocycles. The minimum absolute atomic E-state index is 0.0918. The molecule has 2 aromatic carbocycles. The van der Waals surface area contributed by atoms with Crippen molar-refractivity contribution in [1.82, 2.24) is 10.2 Å². The summed E-state index contributed by atoms with van der Waals surface area (Å²) in [6.45, 7) is 7.19. The number of likely N-dealkylation sites (tertiary alicyclic amines) is 1. The Bertz CT molecular complexity index is 897. The van der Waals surface area contributed by atoms with Gasteiger partial charge in [0.05, 0.1) is 5.41 Å². The third kappa shape index (κ3) is 5.13. The van der Waals surface area contributed by atoms with Crippen molar-refractivity contribution >= 4 is 17.6 Å². The van der Waals surface area contributed by atoms with Gasteiger partial charge in [-0.1, -0.05) is 29.8 Å². The molecule has 2 aromatic rings. The van der Waals surface area contributed by atoms with Crippen LogP contribution in [0.1, 0.15) is 36.5 Å². The molecule has 1 aliphatic heterocycles. The van der Waals surface area contributed by atoms with Gasteiger partial charge in [-0.3, -0.25) is 4.79 Å². The standard InChI is InChI=1S/C23H28FN3O2/c1-16-5-10-20(17(2)13-16)26-22(29)27-12-4-11-23(3,15-27)21(28)25-14-18-6-8-19(24)9-7-18/h5-10,13H,4,11-12,14-15H2,1-3H3,(H,25,28)(H,26,29). The van der Waals surface area contributed by atoms with Crippen LogP contribution in [0, 0.1) is 25.1 Å². The third-order valence-corrected chi connectivity index (χ3v) is 5.52. The molecule has 29 heavy (non-hydrogen) atoms. The maximum atomic E-state index is 13.0. The van der Waals surface area contributed by atoms with Crippen LogP contribution in [0.2, 0.25) is 0 Å². The number of anilines is 1. The maximum absolute atomic E-state index is 13.0. The smallest absolute Gasteiger partial charge is 0.321 e. The number of hydrogen-bond donors (Lipinski definition) is 2. The summed E-state index contributed by atoms with van der Waals surface area (Å²) in [5.41, 5.74) is 3.12. The summed E-state index contributed by atoms with van der Waals surface area (Å²) in [7, 11) is 0. The predicted molar refractivity (Wildman–Crippen MR) is 112 cm³/mol. The van der Waals surface area contributed by atoms with E-state index in [4.69, 9.17) is 0 Å². The van der Waals surface area contributed by atoms with Crippen molar-refractivity contribution in [3.05, 3.63) is 65.0 Å². The van der Waals surface area contributed by atoms with Gasteiger partial charge in [0.25, 0.3) is 0 Å². The van der Waals surface area contributed by atoms with E-state index in [-0.39, 0.29) is 17.8 Å². The molecule has 3 rings (SSSR count). The highest BCUT2D eigenvalue weighted by atomic mass is 19.1. The molecule has 1 aliphatic rings. The Kier molecular flexibility index (Phi) is 6.20. The van der Waals surface area contributed by atoms with E-state index in [9.17, 15) is 14.0 Å². The Morgan fingerprint density at radius 1 is 1.14 bits per heavy atom. The lowest BCUT2D eigenvalue weighted by Crippen LogP contribution is -2.52. The molecule has 0 bridgehead atoms. The summed E-state index contributed by atoms with van der Waals surface area (Å²) in [5, 5.41) is 5.90. The number of nitrogens with one attached hydrogen (secondary N) is 2. The van der Waals surface area contributed by atoms with E-state index < -0.39 is 5.41 Å². The molecule has 154 valence electrons. The van der Waals surface area contributed by atoms with Crippen molar-refractivity contribution in [3.63, 3.8) is 0 Å². The molecule has 1 unspecified atom stereocenters. The van der Waals surface area contributed by atoms with Gasteiger partial charge in [-0.25, -0.2) is 9.18 Å². The minimum Gasteiger partial charge on any atom is -0.351 e. The van der Waals surface area contributed by atoms with E-state index in [1.807, 2.05) is 39.0 Å². The number of nitrogens with zero attached hydrogens (tertiary/aromatic N) is 1. The lowest BCUT2D eigenvalue weighted by atomic mass is 9.81. The zero-order valence-corrected chi connectivity index (χ0v) is 17.2. The van der Waals surface area contributed by atoms with Crippen LogP contribution in [0.25, 0.3) is 0 Å². The van der Waals surface area contributed by atoms with Crippen LogP contribution < -0.4 is 10.6 Å². The van der Waals surface area contributed by atoms with Crippen LogP contribution in [0.5, 0.6) is 0 Å². The fraction of sp³-hybridized carbons (Fsp3) is 0.391. The van der Waals surface area contributed by atoms with Gasteiger partial charge < -0.3 is 15.5 Å². The molecule has 0 radical (unpaired) electrons. The van der Waals surface area contributed by atoms with Gasteiger partial charge in [-0.15, -0.1) is 0 Å². The number of halogens is 1. The van der Waals surface area contributed by atoms with Crippen LogP contribution >= 0.6 is 0 Å². The van der Waals surface area contributed by atoms with Crippen molar-refractivity contribution < 1.29 is 14.0 Å². The molecule has 0 spiro atoms. The summed E-state index contributed by atoms with van der Waals surface area (Å²) in [4.78, 5) is 27.3. The van der Waals surface area contributed by atoms with Crippen molar-refractivity contribution in [2.75, 3.05) is 18.4 Å². The van der Waals surface area contributed by atoms with Crippen LogP contribution in [0.3, 0.4) is 0 Å². The summed E-state index contributed by atoms with van der Waals surface area (Å²) >= 11 is 0. The Balaban J connectivity index is 1.60. The number of carbonyl (C=O) groups is 2. The van der Waals surface area contributed by atoms with Crippen LogP contribution in [-0.2, 0) is 11.3 Å². The molecule has 3 amide bonds. The van der Waals surface area contributed by atoms with E-state index in [1.165, 1.54) is 12.1 Å². The number of hydrogen-bond acceptors (Lipinski definition) is 2. The van der Waals surface area contributed by atoms with Crippen molar-refractivity contribution in [1.29, 1.82) is 0 Å². The molecule has 0 saturated carbocycles. The van der Waals surface area contributed by atoms with Gasteiger partial charge in [0.1, 0.15) is 5.82 Å². The highest BCUT2D eigenvalue weighted by Gasteiger charge is 2.39. The monoisotopic (exact) mass is 397 g/mol. The fourth-order valence-corrected chi connectivity index (χ4v) is 3.74. The van der Waals surface area contributed by atoms with Crippen molar-refractivity contribution in [2.24, 2.45) is 5.41 Å². The van der Waals surface area contributed by atoms with Gasteiger partial charge in [0, 0.05) is 25.3 Å². The van der Waals surface area contributed by atoms with Crippen LogP contribution in [0.4, 0.5) is 14.9 Å². The normalized spacial score (nSPS) is 19.0. The summed E-state index contributed by atoms with van der Waals surface area (Å²) in [6.07, 6.45) is 1.48. The quantitative estimate of drug-likeness (QED) is 0.804. The summed E-state index contributed by atoms with van der Waals surface area (Å²) in [6, 6.07) is 11.8. The molecule has 1 atom stereocenters. The average Bonchev–Trinajstić information content (AvgIpc) is 2.69. The molecule has 5 nitrogen and oxygen atoms in total. The van der Waals surface area contributed by atoms with E-state index in [2.05, 4.69) is 10.6 Å². The maximum Gasteiger partial charge on any atom is 0.321 e. The molecular weight excluding hydrogens is 369 g/mol. The van der Waals surface area contributed by atoms with Gasteiger partial charge in [-0.05, 0) is 62.9 Å². The molecule has 1 fully saturated rings. The van der Waals surface area contributed by atoms with E-state index in [0.29, 0.717) is 19.6 Å². The second-order valence-electron chi connectivity index (χ2n) is 8.14. The SMILES string of the molecule is Cc1ccc(NC(=O)N2CCCC(C)(C(=O)NCc3ccc(F)cc3)C2)c(C)c1. The van der Waals surface area contributed by atoms with E-state index in [0.717, 1.165) is 35.2 Å². The van der Waals surface area contributed by atoms with Crippen LogP contribution in [-0.4, -0.2) is 29.9 Å². The molecule has 6 heteroatoms. The lowest BCUT2D eigenvalue weighted by Gasteiger charge is -2.39. The van der Waals surface area contributed by atoms with E-state index >= 15 is 0 Å². The molecule has 0 aromatic heterocycles. The Hall–Kier alpha value is -2.89. The Morgan fingerprint density at radius 3 is 2.55 bits per heavy atom. The summed E-state index contributed by atoms with van der Waals surface area (Å²) < 4.78 is 13.0. The largest absolute Gasteiger partial charge is 0.351 e. The number of amides is 3. The van der Waals surface area contributed by atoms with Crippen LogP contribution in [0.15, 0.2) is 42.5 Å². The topological polar surface area (TPSA) is 61.4 Å². The molecule has 2 N–H and O–H groups in total. The highest BCUT2D eigenvalue weighted by Crippen LogP contribution is 2.30. The van der Waals surface area contributed by atoms with Crippen molar-refractivity contribution in [2.45, 2.75) is 40.2 Å².